The summed E-state index contributed by atoms with van der Waals surface area (Å²) < 4.78 is 0. The van der Waals surface area contributed by atoms with E-state index in [1.54, 1.807) is 0 Å². The molecule has 0 aliphatic rings. The van der Waals surface area contributed by atoms with Crippen molar-refractivity contribution < 1.29 is 4.79 Å². The minimum absolute atomic E-state index is 0.298. The average Bonchev–Trinajstić information content (AvgIpc) is 2.28. The smallest absolute Gasteiger partial charge is 0.151 e. The summed E-state index contributed by atoms with van der Waals surface area (Å²) in [5.74, 6) is 0.298. The zero-order valence-corrected chi connectivity index (χ0v) is 9.33. The van der Waals surface area contributed by atoms with Crippen molar-refractivity contribution in [1.82, 2.24) is 0 Å². The summed E-state index contributed by atoms with van der Waals surface area (Å²) >= 11 is 0. The van der Waals surface area contributed by atoms with Crippen LogP contribution in [0.25, 0.3) is 0 Å². The van der Waals surface area contributed by atoms with Gasteiger partial charge in [0, 0.05) is 12.1 Å². The summed E-state index contributed by atoms with van der Waals surface area (Å²) in [5, 5.41) is 3.12. The van der Waals surface area contributed by atoms with Gasteiger partial charge in [0.2, 0.25) is 0 Å². The van der Waals surface area contributed by atoms with E-state index >= 15 is 0 Å². The van der Waals surface area contributed by atoms with Crippen molar-refractivity contribution in [3.8, 4) is 0 Å². The fraction of sp³-hybridized carbons (Fsp3) is 0.462. The molecule has 0 unspecified atom stereocenters. The molecule has 0 heterocycles. The van der Waals surface area contributed by atoms with E-state index in [-0.39, 0.29) is 0 Å². The number of hydrogen-bond donors (Lipinski definition) is 1. The minimum Gasteiger partial charge on any atom is -0.378 e. The van der Waals surface area contributed by atoms with Crippen LogP contribution in [0.5, 0.6) is 0 Å². The second kappa shape index (κ2) is 7.04. The molecule has 0 aromatic heterocycles. The van der Waals surface area contributed by atoms with Gasteiger partial charge in [0.25, 0.3) is 0 Å². The number of para-hydroxylation sites is 1. The molecule has 0 bridgehead atoms. The molecule has 0 saturated heterocycles. The van der Waals surface area contributed by atoms with E-state index in [9.17, 15) is 4.79 Å². The normalized spacial score (nSPS) is 9.93. The summed E-state index contributed by atoms with van der Waals surface area (Å²) in [5.41, 5.74) is 1.02. The first-order chi connectivity index (χ1) is 7.33. The molecular weight excluding hydrogens is 186 g/mol. The zero-order chi connectivity index (χ0) is 10.9. The summed E-state index contributed by atoms with van der Waals surface area (Å²) in [7, 11) is 0. The number of benzene rings is 1. The van der Waals surface area contributed by atoms with Crippen molar-refractivity contribution in [3.05, 3.63) is 30.3 Å². The van der Waals surface area contributed by atoms with E-state index in [2.05, 4.69) is 12.2 Å². The molecule has 15 heavy (non-hydrogen) atoms. The van der Waals surface area contributed by atoms with Gasteiger partial charge in [-0.3, -0.25) is 4.79 Å². The number of ketones is 1. The second-order valence-corrected chi connectivity index (χ2v) is 3.72. The van der Waals surface area contributed by atoms with Crippen LogP contribution in [-0.2, 0) is 4.79 Å². The lowest BCUT2D eigenvalue weighted by Gasteiger charge is -2.04. The Bertz CT molecular complexity index is 282. The maximum absolute atomic E-state index is 11.4. The van der Waals surface area contributed by atoms with Gasteiger partial charge < -0.3 is 5.32 Å². The van der Waals surface area contributed by atoms with Gasteiger partial charge in [-0.25, -0.2) is 0 Å². The lowest BCUT2D eigenvalue weighted by Crippen LogP contribution is -2.13. The molecule has 1 N–H and O–H groups in total. The molecular formula is C13H19NO. The van der Waals surface area contributed by atoms with Gasteiger partial charge in [-0.2, -0.15) is 0 Å². The Kier molecular flexibility index (Phi) is 5.52. The van der Waals surface area contributed by atoms with Gasteiger partial charge in [0.1, 0.15) is 0 Å². The van der Waals surface area contributed by atoms with Gasteiger partial charge >= 0.3 is 0 Å². The Morgan fingerprint density at radius 1 is 1.20 bits per heavy atom. The summed E-state index contributed by atoms with van der Waals surface area (Å²) in [6, 6.07) is 9.83. The van der Waals surface area contributed by atoms with Gasteiger partial charge in [-0.15, -0.1) is 0 Å². The van der Waals surface area contributed by atoms with E-state index in [4.69, 9.17) is 0 Å². The molecule has 0 fully saturated rings. The molecule has 2 heteroatoms. The number of carbonyl (C=O) groups excluding carboxylic acids is 1. The van der Waals surface area contributed by atoms with Crippen molar-refractivity contribution >= 4 is 11.5 Å². The number of rotatable bonds is 7. The topological polar surface area (TPSA) is 29.1 Å². The molecule has 0 saturated carbocycles. The van der Waals surface area contributed by atoms with Crippen LogP contribution in [0.2, 0.25) is 0 Å². The number of nitrogens with one attached hydrogen (secondary N) is 1. The van der Waals surface area contributed by atoms with Crippen LogP contribution in [0, 0.1) is 0 Å². The molecule has 0 spiro atoms. The van der Waals surface area contributed by atoms with E-state index in [0.29, 0.717) is 18.7 Å². The van der Waals surface area contributed by atoms with Crippen LogP contribution in [0.4, 0.5) is 5.69 Å². The minimum atomic E-state index is 0.298. The first-order valence-electron chi connectivity index (χ1n) is 5.63. The molecule has 0 atom stereocenters. The molecule has 0 radical (unpaired) electrons. The lowest BCUT2D eigenvalue weighted by molar-refractivity contribution is -0.117. The van der Waals surface area contributed by atoms with Crippen molar-refractivity contribution in [2.75, 3.05) is 11.9 Å². The van der Waals surface area contributed by atoms with Crippen molar-refractivity contribution in [3.63, 3.8) is 0 Å². The van der Waals surface area contributed by atoms with Gasteiger partial charge in [-0.05, 0) is 18.6 Å². The Labute approximate surface area is 91.7 Å². The number of hydrogen-bond acceptors (Lipinski definition) is 2. The highest BCUT2D eigenvalue weighted by Crippen LogP contribution is 2.05. The third-order valence-corrected chi connectivity index (χ3v) is 2.32. The number of Topliss-reactive ketones (excluding diaryl/α,β-unsaturated/α-hetero) is 1. The predicted molar refractivity (Wildman–Crippen MR) is 64.1 cm³/mol. The molecule has 82 valence electrons. The molecule has 0 aliphatic carbocycles. The van der Waals surface area contributed by atoms with Crippen LogP contribution in [-0.4, -0.2) is 12.3 Å². The maximum Gasteiger partial charge on any atom is 0.151 e. The van der Waals surface area contributed by atoms with E-state index in [1.165, 1.54) is 6.42 Å². The number of anilines is 1. The van der Waals surface area contributed by atoms with E-state index < -0.39 is 0 Å². The fourth-order valence-electron chi connectivity index (χ4n) is 1.42. The summed E-state index contributed by atoms with van der Waals surface area (Å²) in [4.78, 5) is 11.4. The van der Waals surface area contributed by atoms with Crippen molar-refractivity contribution in [2.24, 2.45) is 0 Å². The van der Waals surface area contributed by atoms with Crippen molar-refractivity contribution in [1.29, 1.82) is 0 Å². The summed E-state index contributed by atoms with van der Waals surface area (Å²) in [6.45, 7) is 2.60. The molecule has 2 nitrogen and oxygen atoms in total. The average molecular weight is 205 g/mol. The molecule has 0 amide bonds. The third-order valence-electron chi connectivity index (χ3n) is 2.32. The molecule has 1 aromatic carbocycles. The molecule has 1 rings (SSSR count). The van der Waals surface area contributed by atoms with Crippen LogP contribution in [0.1, 0.15) is 32.6 Å². The standard InChI is InChI=1S/C13H19NO/c1-2-3-5-10-13(15)11-14-12-8-6-4-7-9-12/h4,6-9,14H,2-3,5,10-11H2,1H3. The zero-order valence-electron chi connectivity index (χ0n) is 9.33. The van der Waals surface area contributed by atoms with Crippen molar-refractivity contribution in [2.45, 2.75) is 32.6 Å². The van der Waals surface area contributed by atoms with Gasteiger partial charge in [0.15, 0.2) is 5.78 Å². The number of carbonyl (C=O) groups is 1. The highest BCUT2D eigenvalue weighted by Gasteiger charge is 2.00. The Balaban J connectivity index is 2.17. The predicted octanol–water partition coefficient (Wildman–Crippen LogP) is 3.25. The largest absolute Gasteiger partial charge is 0.378 e. The fourth-order valence-corrected chi connectivity index (χ4v) is 1.42. The first-order valence-corrected chi connectivity index (χ1v) is 5.63. The maximum atomic E-state index is 11.4. The Hall–Kier alpha value is -1.31. The monoisotopic (exact) mass is 205 g/mol. The van der Waals surface area contributed by atoms with Crippen LogP contribution in [0.15, 0.2) is 30.3 Å². The number of unbranched alkanes of at least 4 members (excludes halogenated alkanes) is 2. The van der Waals surface area contributed by atoms with Crippen LogP contribution < -0.4 is 5.32 Å². The highest BCUT2D eigenvalue weighted by atomic mass is 16.1. The van der Waals surface area contributed by atoms with Gasteiger partial charge in [0.05, 0.1) is 6.54 Å². The van der Waals surface area contributed by atoms with Crippen LogP contribution in [0.3, 0.4) is 0 Å². The van der Waals surface area contributed by atoms with E-state index in [1.807, 2.05) is 30.3 Å². The van der Waals surface area contributed by atoms with Crippen LogP contribution >= 0.6 is 0 Å². The van der Waals surface area contributed by atoms with E-state index in [0.717, 1.165) is 18.5 Å². The quantitative estimate of drug-likeness (QED) is 0.692. The third kappa shape index (κ3) is 5.21. The SMILES string of the molecule is CCCCCC(=O)CNc1ccccc1. The Morgan fingerprint density at radius 2 is 1.93 bits per heavy atom. The molecule has 0 aliphatic heterocycles. The lowest BCUT2D eigenvalue weighted by atomic mass is 10.1. The highest BCUT2D eigenvalue weighted by molar-refractivity contribution is 5.82. The molecule has 1 aromatic rings. The Morgan fingerprint density at radius 3 is 2.60 bits per heavy atom. The first kappa shape index (κ1) is 11.8. The van der Waals surface area contributed by atoms with Gasteiger partial charge in [-0.1, -0.05) is 38.0 Å². The second-order valence-electron chi connectivity index (χ2n) is 3.72. The summed E-state index contributed by atoms with van der Waals surface area (Å²) in [6.07, 6.45) is 4.04.